The molecule has 2 aromatic carbocycles. The molecule has 170 valence electrons. The van der Waals surface area contributed by atoms with Gasteiger partial charge in [-0.15, -0.1) is 0 Å². The summed E-state index contributed by atoms with van der Waals surface area (Å²) >= 11 is 14.4. The summed E-state index contributed by atoms with van der Waals surface area (Å²) in [6.45, 7) is -0.276. The van der Waals surface area contributed by atoms with E-state index in [0.29, 0.717) is 29.0 Å². The van der Waals surface area contributed by atoms with Crippen molar-refractivity contribution in [2.75, 3.05) is 12.4 Å². The molecule has 0 aliphatic heterocycles. The zero-order valence-corrected chi connectivity index (χ0v) is 20.9. The van der Waals surface area contributed by atoms with E-state index < -0.39 is 11.7 Å². The minimum absolute atomic E-state index is 0.0350. The molecule has 4 aromatic rings. The van der Waals surface area contributed by atoms with E-state index in [0.717, 1.165) is 21.1 Å². The Kier molecular flexibility index (Phi) is 7.20. The molecule has 8 nitrogen and oxygen atoms in total. The Bertz CT molecular complexity index is 1400. The lowest BCUT2D eigenvalue weighted by molar-refractivity contribution is -0.141. The zero-order chi connectivity index (χ0) is 23.5. The topological polar surface area (TPSA) is 99.2 Å². The lowest BCUT2D eigenvalue weighted by atomic mass is 10.0. The van der Waals surface area contributed by atoms with Gasteiger partial charge >= 0.3 is 11.7 Å². The zero-order valence-electron chi connectivity index (χ0n) is 17.3. The van der Waals surface area contributed by atoms with Crippen molar-refractivity contribution in [2.45, 2.75) is 19.4 Å². The van der Waals surface area contributed by atoms with Crippen LogP contribution in [0.25, 0.3) is 11.1 Å². The number of nitrogens with zero attached hydrogens (tertiary/aromatic N) is 3. The van der Waals surface area contributed by atoms with Gasteiger partial charge in [-0.25, -0.2) is 9.78 Å². The predicted octanol–water partition coefficient (Wildman–Crippen LogP) is 5.00. The second-order valence-electron chi connectivity index (χ2n) is 7.10. The van der Waals surface area contributed by atoms with Gasteiger partial charge in [-0.2, -0.15) is 4.98 Å². The summed E-state index contributed by atoms with van der Waals surface area (Å²) in [5, 5.41) is 3.43. The van der Waals surface area contributed by atoms with Crippen LogP contribution < -0.4 is 11.1 Å². The molecule has 11 heteroatoms. The molecular weight excluding hydrogens is 582 g/mol. The number of aromatic nitrogens is 3. The third-order valence-corrected chi connectivity index (χ3v) is 6.04. The van der Waals surface area contributed by atoms with Gasteiger partial charge < -0.3 is 14.5 Å². The van der Waals surface area contributed by atoms with Crippen molar-refractivity contribution in [3.63, 3.8) is 0 Å². The highest BCUT2D eigenvalue weighted by Crippen LogP contribution is 2.29. The first kappa shape index (κ1) is 23.5. The van der Waals surface area contributed by atoms with Gasteiger partial charge in [0.1, 0.15) is 11.6 Å². The molecule has 2 aromatic heterocycles. The smallest absolute Gasteiger partial charge is 0.420 e. The van der Waals surface area contributed by atoms with Crippen molar-refractivity contribution >= 4 is 74.4 Å². The molecule has 0 amide bonds. The fourth-order valence-corrected chi connectivity index (χ4v) is 4.25. The number of esters is 1. The summed E-state index contributed by atoms with van der Waals surface area (Å²) in [6, 6.07) is 11.7. The van der Waals surface area contributed by atoms with Gasteiger partial charge in [0.15, 0.2) is 11.4 Å². The van der Waals surface area contributed by atoms with E-state index in [4.69, 9.17) is 32.4 Å². The summed E-state index contributed by atoms with van der Waals surface area (Å²) < 4.78 is 12.6. The molecule has 1 N–H and O–H groups in total. The quantitative estimate of drug-likeness (QED) is 0.182. The average molecular weight is 599 g/mol. The normalized spacial score (nSPS) is 11.0. The van der Waals surface area contributed by atoms with Crippen molar-refractivity contribution < 1.29 is 13.9 Å². The number of carbonyl (C=O) groups is 1. The van der Waals surface area contributed by atoms with Gasteiger partial charge in [-0.3, -0.25) is 9.36 Å². The van der Waals surface area contributed by atoms with Crippen LogP contribution >= 0.6 is 45.8 Å². The maximum absolute atomic E-state index is 12.5. The lowest BCUT2D eigenvalue weighted by Crippen LogP contribution is -2.20. The Hall–Kier alpha value is -2.63. The minimum atomic E-state index is -0.647. The number of anilines is 2. The van der Waals surface area contributed by atoms with Gasteiger partial charge in [-0.05, 0) is 82.4 Å². The van der Waals surface area contributed by atoms with Gasteiger partial charge in [0.25, 0.3) is 0 Å². The molecule has 33 heavy (non-hydrogen) atoms. The second kappa shape index (κ2) is 10.1. The largest absolute Gasteiger partial charge is 0.468 e. The Balaban J connectivity index is 1.78. The first-order valence-corrected chi connectivity index (χ1v) is 11.6. The average Bonchev–Trinajstić information content (AvgIpc) is 3.10. The number of aryl methyl sites for hydroxylation is 2. The molecule has 0 aliphatic rings. The standard InChI is InChI=1S/C22H17Cl2IN4O4/c1-32-18(30)11-29-17-9-15(27-20-16(23)10-26-21(24)28-20)8-13(19(17)33-22(29)31)6-5-12-3-2-4-14(25)7-12/h2-4,7-10H,5-6,11H2,1H3,(H,26,27,28). The van der Waals surface area contributed by atoms with Crippen LogP contribution in [0.3, 0.4) is 0 Å². The van der Waals surface area contributed by atoms with Crippen LogP contribution in [0.4, 0.5) is 11.5 Å². The van der Waals surface area contributed by atoms with Crippen LogP contribution in [0.5, 0.6) is 0 Å². The lowest BCUT2D eigenvalue weighted by Gasteiger charge is -2.11. The van der Waals surface area contributed by atoms with E-state index in [1.165, 1.54) is 17.9 Å². The molecule has 0 radical (unpaired) electrons. The van der Waals surface area contributed by atoms with Gasteiger partial charge in [-0.1, -0.05) is 23.7 Å². The van der Waals surface area contributed by atoms with E-state index in [-0.39, 0.29) is 16.9 Å². The fraction of sp³-hybridized carbons (Fsp3) is 0.182. The molecule has 0 fully saturated rings. The Morgan fingerprint density at radius 1 is 1.24 bits per heavy atom. The van der Waals surface area contributed by atoms with E-state index >= 15 is 0 Å². The molecule has 0 aliphatic carbocycles. The molecule has 0 bridgehead atoms. The van der Waals surface area contributed by atoms with Gasteiger partial charge in [0, 0.05) is 9.26 Å². The molecule has 4 rings (SSSR count). The van der Waals surface area contributed by atoms with Crippen molar-refractivity contribution in [3.05, 3.63) is 78.1 Å². The number of ether oxygens (including phenoxy) is 1. The van der Waals surface area contributed by atoms with Crippen molar-refractivity contribution in [3.8, 4) is 0 Å². The van der Waals surface area contributed by atoms with Crippen LogP contribution in [0.2, 0.25) is 10.3 Å². The van der Waals surface area contributed by atoms with Crippen LogP contribution in [0.15, 0.2) is 51.8 Å². The van der Waals surface area contributed by atoms with E-state index in [1.54, 1.807) is 6.07 Å². The Labute approximate surface area is 212 Å². The summed E-state index contributed by atoms with van der Waals surface area (Å²) in [6.07, 6.45) is 2.71. The minimum Gasteiger partial charge on any atom is -0.468 e. The number of oxazole rings is 1. The summed E-state index contributed by atoms with van der Waals surface area (Å²) in [4.78, 5) is 32.4. The van der Waals surface area contributed by atoms with E-state index in [2.05, 4.69) is 43.9 Å². The number of halogens is 3. The molecule has 2 heterocycles. The van der Waals surface area contributed by atoms with Crippen LogP contribution in [-0.2, 0) is 28.9 Å². The van der Waals surface area contributed by atoms with E-state index in [9.17, 15) is 9.59 Å². The SMILES string of the molecule is COC(=O)Cn1c(=O)oc2c(CCc3cccc(I)c3)cc(Nc3nc(Cl)ncc3Cl)cc21. The molecule has 0 saturated carbocycles. The Morgan fingerprint density at radius 2 is 2.06 bits per heavy atom. The number of hydrogen-bond donors (Lipinski definition) is 1. The van der Waals surface area contributed by atoms with Gasteiger partial charge in [0.2, 0.25) is 5.28 Å². The third kappa shape index (κ3) is 5.48. The number of methoxy groups -OCH3 is 1. The van der Waals surface area contributed by atoms with Crippen molar-refractivity contribution in [1.82, 2.24) is 14.5 Å². The van der Waals surface area contributed by atoms with Crippen LogP contribution in [-0.4, -0.2) is 27.6 Å². The number of fused-ring (bicyclic) bond motifs is 1. The molecule has 0 saturated heterocycles. The number of hydrogen-bond acceptors (Lipinski definition) is 7. The monoisotopic (exact) mass is 598 g/mol. The molecule has 0 unspecified atom stereocenters. The predicted molar refractivity (Wildman–Crippen MR) is 134 cm³/mol. The number of carbonyl (C=O) groups excluding carboxylic acids is 1. The maximum Gasteiger partial charge on any atom is 0.420 e. The van der Waals surface area contributed by atoms with Crippen LogP contribution in [0.1, 0.15) is 11.1 Å². The first-order valence-electron chi connectivity index (χ1n) is 9.76. The highest BCUT2D eigenvalue weighted by molar-refractivity contribution is 14.1. The number of benzene rings is 2. The van der Waals surface area contributed by atoms with Crippen molar-refractivity contribution in [2.24, 2.45) is 0 Å². The van der Waals surface area contributed by atoms with Crippen molar-refractivity contribution in [1.29, 1.82) is 0 Å². The third-order valence-electron chi connectivity index (χ3n) is 4.91. The Morgan fingerprint density at radius 3 is 2.82 bits per heavy atom. The second-order valence-corrected chi connectivity index (χ2v) is 9.10. The molecule has 0 spiro atoms. The van der Waals surface area contributed by atoms with Gasteiger partial charge in [0.05, 0.1) is 18.8 Å². The fourth-order valence-electron chi connectivity index (χ4n) is 3.37. The number of rotatable bonds is 7. The maximum atomic E-state index is 12.5. The summed E-state index contributed by atoms with van der Waals surface area (Å²) in [5.74, 6) is -0.902. The number of nitrogens with one attached hydrogen (secondary N) is 1. The first-order chi connectivity index (χ1) is 15.8. The highest BCUT2D eigenvalue weighted by Gasteiger charge is 2.18. The molecule has 0 atom stereocenters. The van der Waals surface area contributed by atoms with E-state index in [1.807, 2.05) is 24.3 Å². The summed E-state index contributed by atoms with van der Waals surface area (Å²) in [7, 11) is 1.26. The highest BCUT2D eigenvalue weighted by atomic mass is 127. The van der Waals surface area contributed by atoms with Crippen LogP contribution in [0, 0.1) is 3.57 Å². The molecular formula is C22H17Cl2IN4O4. The summed E-state index contributed by atoms with van der Waals surface area (Å²) in [5.41, 5.74) is 3.38.